The molecule has 9 heteroatoms. The van der Waals surface area contributed by atoms with Crippen molar-refractivity contribution in [2.24, 2.45) is 5.41 Å². The number of hydrogen-bond donors (Lipinski definition) is 0. The zero-order valence-electron chi connectivity index (χ0n) is 19.3. The van der Waals surface area contributed by atoms with Crippen molar-refractivity contribution in [1.29, 1.82) is 0 Å². The maximum atomic E-state index is 14.0. The van der Waals surface area contributed by atoms with E-state index >= 15 is 0 Å². The summed E-state index contributed by atoms with van der Waals surface area (Å²) in [5.41, 5.74) is 1.02. The number of halogens is 4. The number of carbonyl (C=O) groups excluding carboxylic acids is 1. The third-order valence-corrected chi connectivity index (χ3v) is 7.00. The maximum absolute atomic E-state index is 14.0. The van der Waals surface area contributed by atoms with Crippen molar-refractivity contribution in [3.8, 4) is 5.69 Å². The van der Waals surface area contributed by atoms with E-state index in [0.29, 0.717) is 25.1 Å². The molecule has 0 N–H and O–H groups in total. The number of fused-ring (bicyclic) bond motifs is 2. The molecule has 1 atom stereocenters. The van der Waals surface area contributed by atoms with Gasteiger partial charge in [0.15, 0.2) is 5.78 Å². The summed E-state index contributed by atoms with van der Waals surface area (Å²) in [5, 5.41) is 4.48. The van der Waals surface area contributed by atoms with Gasteiger partial charge in [-0.15, -0.1) is 0 Å². The highest BCUT2D eigenvalue weighted by Gasteiger charge is 2.49. The van der Waals surface area contributed by atoms with Crippen LogP contribution in [0, 0.1) is 11.2 Å². The van der Waals surface area contributed by atoms with E-state index in [-0.39, 0.29) is 17.6 Å². The number of Topliss-reactive ketones (excluding diaryl/α,β-unsaturated/α-hetero) is 1. The van der Waals surface area contributed by atoms with Crippen LogP contribution in [0.25, 0.3) is 11.8 Å². The van der Waals surface area contributed by atoms with Crippen molar-refractivity contribution in [2.45, 2.75) is 38.9 Å². The lowest BCUT2D eigenvalue weighted by Crippen LogP contribution is -2.53. The van der Waals surface area contributed by atoms with Crippen LogP contribution in [0.2, 0.25) is 0 Å². The van der Waals surface area contributed by atoms with Crippen LogP contribution < -0.4 is 0 Å². The van der Waals surface area contributed by atoms with E-state index in [9.17, 15) is 22.4 Å². The number of hydrogen-bond acceptors (Lipinski definition) is 4. The van der Waals surface area contributed by atoms with Crippen LogP contribution in [0.3, 0.4) is 0 Å². The number of piperidine rings is 1. The van der Waals surface area contributed by atoms with Gasteiger partial charge in [0.25, 0.3) is 0 Å². The molecule has 0 unspecified atom stereocenters. The number of rotatable bonds is 4. The Labute approximate surface area is 200 Å². The average molecular weight is 484 g/mol. The molecule has 0 amide bonds. The zero-order chi connectivity index (χ0) is 25.0. The fraction of sp³-hybridized carbons (Fsp3) is 0.346. The van der Waals surface area contributed by atoms with Crippen LogP contribution >= 0.6 is 0 Å². The summed E-state index contributed by atoms with van der Waals surface area (Å²) >= 11 is 0. The van der Waals surface area contributed by atoms with Crippen molar-refractivity contribution >= 4 is 11.9 Å². The van der Waals surface area contributed by atoms with Crippen LogP contribution in [0.15, 0.2) is 54.4 Å². The Balaban J connectivity index is 1.61. The highest BCUT2D eigenvalue weighted by atomic mass is 19.4. The number of benzene rings is 1. The molecule has 1 aliphatic heterocycles. The fourth-order valence-corrected chi connectivity index (χ4v) is 5.09. The van der Waals surface area contributed by atoms with Gasteiger partial charge in [-0.3, -0.25) is 14.7 Å². The summed E-state index contributed by atoms with van der Waals surface area (Å²) < 4.78 is 55.2. The van der Waals surface area contributed by atoms with Gasteiger partial charge in [-0.25, -0.2) is 9.07 Å². The van der Waals surface area contributed by atoms with Crippen LogP contribution in [0.4, 0.5) is 17.6 Å². The number of ketones is 1. The summed E-state index contributed by atoms with van der Waals surface area (Å²) in [6.45, 7) is 5.19. The first-order chi connectivity index (χ1) is 16.6. The second kappa shape index (κ2) is 8.41. The molecule has 3 heterocycles. The molecule has 3 aromatic rings. The van der Waals surface area contributed by atoms with Crippen molar-refractivity contribution in [2.75, 3.05) is 13.1 Å². The lowest BCUT2D eigenvalue weighted by atomic mass is 9.65. The fourth-order valence-electron chi connectivity index (χ4n) is 5.09. The molecule has 35 heavy (non-hydrogen) atoms. The molecule has 1 aliphatic carbocycles. The molecule has 182 valence electrons. The zero-order valence-corrected chi connectivity index (χ0v) is 19.3. The van der Waals surface area contributed by atoms with E-state index in [4.69, 9.17) is 0 Å². The molecule has 0 spiro atoms. The molecular formula is C26H24F4N4O. The SMILES string of the molecule is CC(C)N1CCC2=Cc3c(cnn3-c3ccc(F)cc3)C[C@]2(C(=O)c2cc(C(F)(F)F)ccn2)C1. The third kappa shape index (κ3) is 4.07. The number of pyridine rings is 1. The second-order valence-corrected chi connectivity index (χ2v) is 9.44. The Kier molecular flexibility index (Phi) is 5.62. The van der Waals surface area contributed by atoms with Gasteiger partial charge in [0.1, 0.15) is 11.5 Å². The van der Waals surface area contributed by atoms with Crippen LogP contribution in [-0.2, 0) is 12.6 Å². The number of nitrogens with zero attached hydrogens (tertiary/aromatic N) is 4. The molecule has 2 aromatic heterocycles. The minimum Gasteiger partial charge on any atom is -0.299 e. The van der Waals surface area contributed by atoms with E-state index in [1.54, 1.807) is 23.0 Å². The first-order valence-corrected chi connectivity index (χ1v) is 11.4. The predicted octanol–water partition coefficient (Wildman–Crippen LogP) is 5.35. The monoisotopic (exact) mass is 484 g/mol. The molecule has 1 aromatic carbocycles. The van der Waals surface area contributed by atoms with Crippen LogP contribution in [0.5, 0.6) is 0 Å². The molecule has 1 saturated heterocycles. The Bertz CT molecular complexity index is 1310. The first kappa shape index (κ1) is 23.4. The number of alkyl halides is 3. The van der Waals surface area contributed by atoms with Gasteiger partial charge in [0, 0.05) is 25.3 Å². The number of aromatic nitrogens is 3. The average Bonchev–Trinajstić information content (AvgIpc) is 3.24. The number of carbonyl (C=O) groups is 1. The van der Waals surface area contributed by atoms with Gasteiger partial charge in [-0.2, -0.15) is 18.3 Å². The summed E-state index contributed by atoms with van der Waals surface area (Å²) in [6, 6.07) is 7.85. The van der Waals surface area contributed by atoms with E-state index in [2.05, 4.69) is 15.0 Å². The lowest BCUT2D eigenvalue weighted by Gasteiger charge is -2.46. The third-order valence-electron chi connectivity index (χ3n) is 7.00. The minimum atomic E-state index is -4.57. The summed E-state index contributed by atoms with van der Waals surface area (Å²) in [6.07, 6.45) is 0.973. The normalized spacial score (nSPS) is 20.4. The molecule has 5 rings (SSSR count). The van der Waals surface area contributed by atoms with Crippen molar-refractivity contribution < 1.29 is 22.4 Å². The molecule has 0 bridgehead atoms. The van der Waals surface area contributed by atoms with Gasteiger partial charge in [-0.1, -0.05) is 5.57 Å². The van der Waals surface area contributed by atoms with Crippen LogP contribution in [0.1, 0.15) is 47.6 Å². The van der Waals surface area contributed by atoms with Crippen molar-refractivity contribution in [3.05, 3.63) is 82.7 Å². The maximum Gasteiger partial charge on any atom is 0.416 e. The molecular weight excluding hydrogens is 460 g/mol. The van der Waals surface area contributed by atoms with Crippen LogP contribution in [-0.4, -0.2) is 44.6 Å². The van der Waals surface area contributed by atoms with E-state index < -0.39 is 22.9 Å². The summed E-state index contributed by atoms with van der Waals surface area (Å²) in [4.78, 5) is 20.2. The Morgan fingerprint density at radius 1 is 1.14 bits per heavy atom. The van der Waals surface area contributed by atoms with E-state index in [1.807, 2.05) is 19.9 Å². The second-order valence-electron chi connectivity index (χ2n) is 9.44. The topological polar surface area (TPSA) is 51.0 Å². The summed E-state index contributed by atoms with van der Waals surface area (Å²) in [7, 11) is 0. The Hall–Kier alpha value is -3.33. The van der Waals surface area contributed by atoms with Gasteiger partial charge in [0.05, 0.1) is 28.6 Å². The molecule has 2 aliphatic rings. The van der Waals surface area contributed by atoms with Gasteiger partial charge in [-0.05, 0) is 74.7 Å². The predicted molar refractivity (Wildman–Crippen MR) is 123 cm³/mol. The smallest absolute Gasteiger partial charge is 0.299 e. The van der Waals surface area contributed by atoms with Crippen molar-refractivity contribution in [3.63, 3.8) is 0 Å². The Morgan fingerprint density at radius 2 is 1.89 bits per heavy atom. The van der Waals surface area contributed by atoms with Gasteiger partial charge >= 0.3 is 6.18 Å². The molecule has 0 radical (unpaired) electrons. The lowest BCUT2D eigenvalue weighted by molar-refractivity contribution is -0.137. The van der Waals surface area contributed by atoms with E-state index in [1.165, 1.54) is 12.1 Å². The highest BCUT2D eigenvalue weighted by Crippen LogP contribution is 2.46. The molecule has 1 fully saturated rings. The van der Waals surface area contributed by atoms with Gasteiger partial charge < -0.3 is 0 Å². The van der Waals surface area contributed by atoms with E-state index in [0.717, 1.165) is 41.7 Å². The summed E-state index contributed by atoms with van der Waals surface area (Å²) in [5.74, 6) is -0.771. The first-order valence-electron chi connectivity index (χ1n) is 11.4. The van der Waals surface area contributed by atoms with Crippen molar-refractivity contribution in [1.82, 2.24) is 19.7 Å². The Morgan fingerprint density at radius 3 is 2.57 bits per heavy atom. The van der Waals surface area contributed by atoms with Gasteiger partial charge in [0.2, 0.25) is 0 Å². The highest BCUT2D eigenvalue weighted by molar-refractivity contribution is 6.03. The number of likely N-dealkylation sites (tertiary alicyclic amines) is 1. The molecule has 0 saturated carbocycles. The standard InChI is InChI=1S/C26H24F4N4O/c1-16(2)33-10-8-18-12-23-17(14-32-34(23)21-5-3-20(27)4-6-21)13-25(18,15-33)24(35)22-11-19(7-9-31-22)26(28,29)30/h3-7,9,11-12,14,16H,8,10,13,15H2,1-2H3/t25-/m0/s1. The quantitative estimate of drug-likeness (QED) is 0.370. The largest absolute Gasteiger partial charge is 0.416 e. The molecule has 5 nitrogen and oxygen atoms in total. The minimum absolute atomic E-state index is 0.166.